The van der Waals surface area contributed by atoms with Crippen LogP contribution in [-0.4, -0.2) is 36.3 Å². The lowest BCUT2D eigenvalue weighted by Gasteiger charge is -2.32. The summed E-state index contributed by atoms with van der Waals surface area (Å²) >= 11 is 0. The van der Waals surface area contributed by atoms with E-state index in [-0.39, 0.29) is 30.1 Å². The summed E-state index contributed by atoms with van der Waals surface area (Å²) in [5, 5.41) is 2.98. The van der Waals surface area contributed by atoms with Crippen molar-refractivity contribution >= 4 is 29.9 Å². The molecule has 1 atom stereocenters. The van der Waals surface area contributed by atoms with Crippen LogP contribution in [0, 0.1) is 5.92 Å². The Hall–Kier alpha value is -1.75. The number of nitrogens with two attached hydrogens (primary N) is 1. The van der Waals surface area contributed by atoms with E-state index in [4.69, 9.17) is 5.73 Å². The quantitative estimate of drug-likeness (QED) is 0.609. The van der Waals surface area contributed by atoms with Crippen LogP contribution >= 0.6 is 12.4 Å². The number of nitrogens with zero attached hydrogens (tertiary/aromatic N) is 1. The predicted octanol–water partition coefficient (Wildman–Crippen LogP) is 2.39. The van der Waals surface area contributed by atoms with E-state index in [1.54, 1.807) is 0 Å². The minimum Gasteiger partial charge on any atom is -0.399 e. The highest BCUT2D eigenvalue weighted by molar-refractivity contribution is 5.85. The van der Waals surface area contributed by atoms with Gasteiger partial charge in [-0.2, -0.15) is 0 Å². The van der Waals surface area contributed by atoms with Gasteiger partial charge in [0.15, 0.2) is 0 Å². The number of likely N-dealkylation sites (tertiary alicyclic amines) is 1. The van der Waals surface area contributed by atoms with Gasteiger partial charge < -0.3 is 16.0 Å². The fourth-order valence-electron chi connectivity index (χ4n) is 2.87. The molecule has 1 unspecified atom stereocenters. The molecule has 3 N–H and O–H groups in total. The second-order valence-electron chi connectivity index (χ2n) is 6.24. The summed E-state index contributed by atoms with van der Waals surface area (Å²) in [5.74, 6) is 0.0974. The molecule has 1 aromatic rings. The van der Waals surface area contributed by atoms with Gasteiger partial charge in [0.1, 0.15) is 0 Å². The molecule has 5 nitrogen and oxygen atoms in total. The molecular formula is C18H28ClN3O2. The molecule has 24 heavy (non-hydrogen) atoms. The molecule has 134 valence electrons. The number of halogens is 1. The van der Waals surface area contributed by atoms with Gasteiger partial charge in [-0.1, -0.05) is 25.5 Å². The zero-order chi connectivity index (χ0) is 16.7. The molecule has 1 aromatic carbocycles. The van der Waals surface area contributed by atoms with Crippen molar-refractivity contribution in [3.05, 3.63) is 29.8 Å². The maximum atomic E-state index is 12.4. The number of nitrogens with one attached hydrogen (secondary N) is 1. The number of carbonyl (C=O) groups is 2. The van der Waals surface area contributed by atoms with Crippen LogP contribution in [0.1, 0.15) is 38.2 Å². The van der Waals surface area contributed by atoms with E-state index in [1.165, 1.54) is 0 Å². The highest BCUT2D eigenvalue weighted by atomic mass is 35.5. The Labute approximate surface area is 150 Å². The smallest absolute Gasteiger partial charge is 0.227 e. The van der Waals surface area contributed by atoms with Crippen molar-refractivity contribution in [1.29, 1.82) is 0 Å². The Bertz CT molecular complexity index is 534. The first-order chi connectivity index (χ1) is 11.1. The van der Waals surface area contributed by atoms with Gasteiger partial charge in [0, 0.05) is 25.3 Å². The van der Waals surface area contributed by atoms with Crippen molar-refractivity contribution in [3.8, 4) is 0 Å². The van der Waals surface area contributed by atoms with Gasteiger partial charge in [-0.05, 0) is 37.0 Å². The van der Waals surface area contributed by atoms with Crippen molar-refractivity contribution in [3.63, 3.8) is 0 Å². The van der Waals surface area contributed by atoms with Crippen LogP contribution in [0.3, 0.4) is 0 Å². The summed E-state index contributed by atoms with van der Waals surface area (Å²) in [6.45, 7) is 4.11. The first kappa shape index (κ1) is 20.3. The Morgan fingerprint density at radius 1 is 1.29 bits per heavy atom. The van der Waals surface area contributed by atoms with E-state index in [2.05, 4.69) is 12.2 Å². The van der Waals surface area contributed by atoms with Crippen molar-refractivity contribution in [2.75, 3.05) is 25.4 Å². The van der Waals surface area contributed by atoms with Gasteiger partial charge in [0.05, 0.1) is 12.3 Å². The number of rotatable bonds is 6. The fourth-order valence-corrected chi connectivity index (χ4v) is 2.87. The highest BCUT2D eigenvalue weighted by Crippen LogP contribution is 2.18. The van der Waals surface area contributed by atoms with Crippen LogP contribution in [0.5, 0.6) is 0 Å². The first-order valence-electron chi connectivity index (χ1n) is 8.50. The van der Waals surface area contributed by atoms with Crippen LogP contribution in [0.15, 0.2) is 24.3 Å². The van der Waals surface area contributed by atoms with Crippen molar-refractivity contribution in [2.45, 2.75) is 39.0 Å². The minimum absolute atomic E-state index is 0. The molecular weight excluding hydrogens is 326 g/mol. The number of unbranched alkanes of at least 4 members (excludes halogenated alkanes) is 1. The molecule has 1 aliphatic heterocycles. The van der Waals surface area contributed by atoms with Gasteiger partial charge in [0.2, 0.25) is 11.8 Å². The molecule has 1 fully saturated rings. The molecule has 2 rings (SSSR count). The Morgan fingerprint density at radius 3 is 2.67 bits per heavy atom. The zero-order valence-corrected chi connectivity index (χ0v) is 15.1. The summed E-state index contributed by atoms with van der Waals surface area (Å²) in [6.07, 6.45) is 4.18. The summed E-state index contributed by atoms with van der Waals surface area (Å²) in [7, 11) is 0. The maximum absolute atomic E-state index is 12.4. The number of nitrogen functional groups attached to an aromatic ring is 1. The Morgan fingerprint density at radius 2 is 2.00 bits per heavy atom. The lowest BCUT2D eigenvalue weighted by atomic mass is 9.96. The van der Waals surface area contributed by atoms with Gasteiger partial charge >= 0.3 is 0 Å². The highest BCUT2D eigenvalue weighted by Gasteiger charge is 2.28. The predicted molar refractivity (Wildman–Crippen MR) is 99.0 cm³/mol. The van der Waals surface area contributed by atoms with E-state index in [0.717, 1.165) is 44.3 Å². The van der Waals surface area contributed by atoms with E-state index < -0.39 is 0 Å². The summed E-state index contributed by atoms with van der Waals surface area (Å²) in [6, 6.07) is 7.38. The van der Waals surface area contributed by atoms with Crippen molar-refractivity contribution in [2.24, 2.45) is 5.92 Å². The Kier molecular flexibility index (Phi) is 8.61. The number of hydrogen-bond donors (Lipinski definition) is 2. The molecule has 0 radical (unpaired) electrons. The number of carbonyl (C=O) groups excluding carboxylic acids is 2. The Balaban J connectivity index is 0.00000288. The van der Waals surface area contributed by atoms with Gasteiger partial charge in [-0.15, -0.1) is 12.4 Å². The van der Waals surface area contributed by atoms with E-state index in [1.807, 2.05) is 29.2 Å². The van der Waals surface area contributed by atoms with Gasteiger partial charge in [-0.25, -0.2) is 0 Å². The fraction of sp³-hybridized carbons (Fsp3) is 0.556. The second-order valence-corrected chi connectivity index (χ2v) is 6.24. The molecule has 0 bridgehead atoms. The normalized spacial score (nSPS) is 17.0. The lowest BCUT2D eigenvalue weighted by molar-refractivity contribution is -0.135. The second kappa shape index (κ2) is 10.2. The van der Waals surface area contributed by atoms with Gasteiger partial charge in [-0.3, -0.25) is 9.59 Å². The number of anilines is 1. The average molecular weight is 354 g/mol. The molecule has 1 heterocycles. The van der Waals surface area contributed by atoms with Crippen molar-refractivity contribution in [1.82, 2.24) is 10.2 Å². The molecule has 0 aliphatic carbocycles. The average Bonchev–Trinajstić information content (AvgIpc) is 2.57. The van der Waals surface area contributed by atoms with Crippen LogP contribution in [0.25, 0.3) is 0 Å². The van der Waals surface area contributed by atoms with Crippen LogP contribution in [0.4, 0.5) is 5.69 Å². The monoisotopic (exact) mass is 353 g/mol. The van der Waals surface area contributed by atoms with Crippen LogP contribution < -0.4 is 11.1 Å². The third-order valence-electron chi connectivity index (χ3n) is 4.31. The number of benzene rings is 1. The molecule has 0 aromatic heterocycles. The minimum atomic E-state index is -0.0732. The first-order valence-corrected chi connectivity index (χ1v) is 8.50. The lowest BCUT2D eigenvalue weighted by Crippen LogP contribution is -2.46. The standard InChI is InChI=1S/C18H27N3O2.ClH/c1-2-3-10-20-18(23)15-5-4-11-21(13-15)17(22)12-14-6-8-16(19)9-7-14;/h6-9,15H,2-5,10-13,19H2,1H3,(H,20,23);1H. The third-order valence-corrected chi connectivity index (χ3v) is 4.31. The zero-order valence-electron chi connectivity index (χ0n) is 14.3. The van der Waals surface area contributed by atoms with E-state index >= 15 is 0 Å². The molecule has 0 saturated carbocycles. The molecule has 0 spiro atoms. The molecule has 1 aliphatic rings. The SMILES string of the molecule is CCCCNC(=O)C1CCCN(C(=O)Cc2ccc(N)cc2)C1.Cl. The van der Waals surface area contributed by atoms with Crippen LogP contribution in [0.2, 0.25) is 0 Å². The van der Waals surface area contributed by atoms with E-state index in [9.17, 15) is 9.59 Å². The van der Waals surface area contributed by atoms with Crippen LogP contribution in [-0.2, 0) is 16.0 Å². The topological polar surface area (TPSA) is 75.4 Å². The number of hydrogen-bond acceptors (Lipinski definition) is 3. The van der Waals surface area contributed by atoms with E-state index in [0.29, 0.717) is 18.7 Å². The van der Waals surface area contributed by atoms with Gasteiger partial charge in [0.25, 0.3) is 0 Å². The molecule has 1 saturated heterocycles. The number of amides is 2. The number of piperidine rings is 1. The summed E-state index contributed by atoms with van der Waals surface area (Å²) in [4.78, 5) is 26.4. The summed E-state index contributed by atoms with van der Waals surface area (Å²) < 4.78 is 0. The maximum Gasteiger partial charge on any atom is 0.227 e. The van der Waals surface area contributed by atoms with Crippen molar-refractivity contribution < 1.29 is 9.59 Å². The summed E-state index contributed by atoms with van der Waals surface area (Å²) in [5.41, 5.74) is 7.32. The molecule has 6 heteroatoms. The third kappa shape index (κ3) is 6.04. The molecule has 2 amide bonds. The largest absolute Gasteiger partial charge is 0.399 e.